The Bertz CT molecular complexity index is 1180. The molecule has 4 unspecified atom stereocenters. The highest BCUT2D eigenvalue weighted by molar-refractivity contribution is 9.10. The van der Waals surface area contributed by atoms with Crippen LogP contribution in [0.4, 0.5) is 5.69 Å². The number of nitrogens with zero attached hydrogens (tertiary/aromatic N) is 1. The molecule has 1 aliphatic rings. The number of anilines is 1. The summed E-state index contributed by atoms with van der Waals surface area (Å²) in [4.78, 5) is 28.1. The number of benzene rings is 2. The third-order valence-electron chi connectivity index (χ3n) is 7.20. The number of allylic oxidation sites excluding steroid dienone is 1. The summed E-state index contributed by atoms with van der Waals surface area (Å²) in [6.07, 6.45) is 7.05. The summed E-state index contributed by atoms with van der Waals surface area (Å²) in [7, 11) is 0. The van der Waals surface area contributed by atoms with Gasteiger partial charge in [-0.25, -0.2) is 4.79 Å². The predicted octanol–water partition coefficient (Wildman–Crippen LogP) is 8.05. The normalized spacial score (nSPS) is 19.1. The average molecular weight is 630 g/mol. The quantitative estimate of drug-likeness (QED) is 0.0988. The van der Waals surface area contributed by atoms with Crippen molar-refractivity contribution in [1.29, 1.82) is 0 Å². The second kappa shape index (κ2) is 15.3. The molecule has 8 heteroatoms. The summed E-state index contributed by atoms with van der Waals surface area (Å²) in [6, 6.07) is 12.7. The van der Waals surface area contributed by atoms with Crippen LogP contribution < -0.4 is 14.4 Å². The maximum absolute atomic E-state index is 13.0. The minimum atomic E-state index is -0.316. The molecule has 0 aliphatic heterocycles. The van der Waals surface area contributed by atoms with Crippen LogP contribution >= 0.6 is 27.9 Å². The van der Waals surface area contributed by atoms with Gasteiger partial charge in [-0.3, -0.25) is 9.52 Å². The molecule has 6 nitrogen and oxygen atoms in total. The van der Waals surface area contributed by atoms with Crippen molar-refractivity contribution in [2.75, 3.05) is 18.0 Å². The van der Waals surface area contributed by atoms with E-state index in [1.54, 1.807) is 18.2 Å². The van der Waals surface area contributed by atoms with Crippen molar-refractivity contribution in [2.45, 2.75) is 58.8 Å². The zero-order chi connectivity index (χ0) is 29.2. The van der Waals surface area contributed by atoms with Gasteiger partial charge in [-0.2, -0.15) is 0 Å². The molecule has 0 aromatic heterocycles. The van der Waals surface area contributed by atoms with Gasteiger partial charge >= 0.3 is 5.97 Å². The number of ether oxygens (including phenoxy) is 2. The molecule has 4 atom stereocenters. The van der Waals surface area contributed by atoms with Crippen LogP contribution in [0.25, 0.3) is 0 Å². The molecule has 0 spiro atoms. The Morgan fingerprint density at radius 3 is 2.48 bits per heavy atom. The molecule has 3 rings (SSSR count). The molecule has 1 fully saturated rings. The van der Waals surface area contributed by atoms with Gasteiger partial charge in [0.2, 0.25) is 0 Å². The van der Waals surface area contributed by atoms with Gasteiger partial charge in [0, 0.05) is 34.3 Å². The Kier molecular flexibility index (Phi) is 12.2. The van der Waals surface area contributed by atoms with E-state index in [9.17, 15) is 9.59 Å². The SMILES string of the molecule is C=COc1ccc(C(=O)NSC(C)C)cc1N(CC)CC1C(C)CC1C(/C=C/CC)OC(=O)c1ccc(Br)cc1. The molecule has 2 aromatic rings. The molecule has 0 heterocycles. The number of amides is 1. The minimum absolute atomic E-state index is 0.138. The molecule has 1 amide bonds. The Hall–Kier alpha value is -2.71. The molecular weight excluding hydrogens is 588 g/mol. The third-order valence-corrected chi connectivity index (χ3v) is 8.51. The summed E-state index contributed by atoms with van der Waals surface area (Å²) in [5, 5.41) is 0.281. The van der Waals surface area contributed by atoms with Gasteiger partial charge in [-0.1, -0.05) is 56.3 Å². The number of carbonyl (C=O) groups is 2. The van der Waals surface area contributed by atoms with E-state index in [2.05, 4.69) is 59.0 Å². The largest absolute Gasteiger partial charge is 0.463 e. The van der Waals surface area contributed by atoms with E-state index in [1.807, 2.05) is 44.2 Å². The van der Waals surface area contributed by atoms with Crippen molar-refractivity contribution >= 4 is 45.4 Å². The Labute approximate surface area is 251 Å². The van der Waals surface area contributed by atoms with Crippen LogP contribution in [0.15, 0.2) is 71.9 Å². The smallest absolute Gasteiger partial charge is 0.338 e. The van der Waals surface area contributed by atoms with Gasteiger partial charge in [-0.15, -0.1) is 0 Å². The van der Waals surface area contributed by atoms with Crippen molar-refractivity contribution in [3.8, 4) is 5.75 Å². The summed E-state index contributed by atoms with van der Waals surface area (Å²) in [5.74, 6) is 1.13. The van der Waals surface area contributed by atoms with E-state index in [-0.39, 0.29) is 35.1 Å². The molecule has 2 aromatic carbocycles. The lowest BCUT2D eigenvalue weighted by molar-refractivity contribution is -0.0254. The maximum atomic E-state index is 13.0. The Morgan fingerprint density at radius 1 is 1.18 bits per heavy atom. The molecule has 0 bridgehead atoms. The van der Waals surface area contributed by atoms with Crippen LogP contribution in [0.1, 0.15) is 68.2 Å². The van der Waals surface area contributed by atoms with Crippen LogP contribution in [0.3, 0.4) is 0 Å². The standard InChI is InChI=1S/C32H41BrN2O4S/c1-7-10-11-29(39-32(37)23-12-15-25(33)16-13-23)26-18-22(6)27(26)20-35(8-2)28-19-24(14-17-30(28)38-9-3)31(36)34-40-21(4)5/h9-17,19,21-22,26-27,29H,3,7-8,18,20H2,1-2,4-6H3,(H,34,36)/b11-10+. The maximum Gasteiger partial charge on any atom is 0.338 e. The average Bonchev–Trinajstić information content (AvgIpc) is 2.94. The van der Waals surface area contributed by atoms with Crippen molar-refractivity contribution < 1.29 is 19.1 Å². The fourth-order valence-corrected chi connectivity index (χ4v) is 5.72. The fourth-order valence-electron chi connectivity index (χ4n) is 4.99. The van der Waals surface area contributed by atoms with Crippen molar-refractivity contribution in [2.24, 2.45) is 17.8 Å². The summed E-state index contributed by atoms with van der Waals surface area (Å²) in [6.45, 7) is 15.7. The van der Waals surface area contributed by atoms with Gasteiger partial charge < -0.3 is 14.4 Å². The molecule has 1 saturated carbocycles. The first-order valence-corrected chi connectivity index (χ1v) is 15.6. The molecule has 40 heavy (non-hydrogen) atoms. The predicted molar refractivity (Wildman–Crippen MR) is 169 cm³/mol. The minimum Gasteiger partial charge on any atom is -0.463 e. The van der Waals surface area contributed by atoms with Gasteiger partial charge in [0.1, 0.15) is 11.9 Å². The number of nitrogens with one attached hydrogen (secondary N) is 1. The van der Waals surface area contributed by atoms with E-state index >= 15 is 0 Å². The van der Waals surface area contributed by atoms with Crippen molar-refractivity contribution in [3.63, 3.8) is 0 Å². The number of esters is 1. The summed E-state index contributed by atoms with van der Waals surface area (Å²) < 4.78 is 15.7. The first-order valence-electron chi connectivity index (χ1n) is 13.9. The zero-order valence-corrected chi connectivity index (χ0v) is 26.5. The topological polar surface area (TPSA) is 67.9 Å². The van der Waals surface area contributed by atoms with Gasteiger partial charge in [0.25, 0.3) is 5.91 Å². The van der Waals surface area contributed by atoms with E-state index < -0.39 is 0 Å². The van der Waals surface area contributed by atoms with E-state index in [0.717, 1.165) is 36.1 Å². The number of hydrogen-bond donors (Lipinski definition) is 1. The summed E-state index contributed by atoms with van der Waals surface area (Å²) in [5.41, 5.74) is 1.95. The highest BCUT2D eigenvalue weighted by atomic mass is 79.9. The van der Waals surface area contributed by atoms with Crippen LogP contribution in [-0.2, 0) is 4.74 Å². The molecular formula is C32H41BrN2O4S. The fraction of sp³-hybridized carbons (Fsp3) is 0.438. The molecule has 1 N–H and O–H groups in total. The summed E-state index contributed by atoms with van der Waals surface area (Å²) >= 11 is 4.82. The molecule has 0 saturated heterocycles. The Morgan fingerprint density at radius 2 is 1.88 bits per heavy atom. The van der Waals surface area contributed by atoms with E-state index in [0.29, 0.717) is 22.8 Å². The van der Waals surface area contributed by atoms with Gasteiger partial charge in [-0.05, 0) is 92.1 Å². The van der Waals surface area contributed by atoms with Crippen LogP contribution in [0.2, 0.25) is 0 Å². The van der Waals surface area contributed by atoms with E-state index in [1.165, 1.54) is 18.2 Å². The number of rotatable bonds is 14. The lowest BCUT2D eigenvalue weighted by atomic mass is 9.63. The van der Waals surface area contributed by atoms with Crippen molar-refractivity contribution in [1.82, 2.24) is 4.72 Å². The molecule has 216 valence electrons. The lowest BCUT2D eigenvalue weighted by Gasteiger charge is -2.48. The van der Waals surface area contributed by atoms with E-state index in [4.69, 9.17) is 9.47 Å². The Balaban J connectivity index is 1.83. The van der Waals surface area contributed by atoms with Gasteiger partial charge in [0.15, 0.2) is 0 Å². The molecule has 1 aliphatic carbocycles. The van der Waals surface area contributed by atoms with Crippen LogP contribution in [0.5, 0.6) is 5.75 Å². The van der Waals surface area contributed by atoms with Crippen molar-refractivity contribution in [3.05, 3.63) is 83.1 Å². The lowest BCUT2D eigenvalue weighted by Crippen LogP contribution is -2.49. The number of hydrogen-bond acceptors (Lipinski definition) is 6. The second-order valence-corrected chi connectivity index (χ2v) is 12.7. The monoisotopic (exact) mass is 628 g/mol. The highest BCUT2D eigenvalue weighted by Crippen LogP contribution is 2.45. The molecule has 0 radical (unpaired) electrons. The zero-order valence-electron chi connectivity index (χ0n) is 24.1. The van der Waals surface area contributed by atoms with Gasteiger partial charge in [0.05, 0.1) is 17.5 Å². The third kappa shape index (κ3) is 8.40. The second-order valence-electron chi connectivity index (χ2n) is 10.4. The highest BCUT2D eigenvalue weighted by Gasteiger charge is 2.44. The van der Waals surface area contributed by atoms with Crippen LogP contribution in [0, 0.1) is 17.8 Å². The van der Waals surface area contributed by atoms with Crippen LogP contribution in [-0.4, -0.2) is 36.3 Å². The number of carbonyl (C=O) groups excluding carboxylic acids is 2. The number of halogens is 1. The first-order chi connectivity index (χ1) is 19.2. The first kappa shape index (κ1) is 31.8.